The van der Waals surface area contributed by atoms with Gasteiger partial charge in [0.05, 0.1) is 12.1 Å². The van der Waals surface area contributed by atoms with Crippen molar-refractivity contribution in [1.82, 2.24) is 4.57 Å². The van der Waals surface area contributed by atoms with E-state index in [1.54, 1.807) is 19.3 Å². The van der Waals surface area contributed by atoms with Crippen LogP contribution in [-0.2, 0) is 24.8 Å². The summed E-state index contributed by atoms with van der Waals surface area (Å²) < 4.78 is 1.42. The Morgan fingerprint density at radius 3 is 2.55 bits per heavy atom. The summed E-state index contributed by atoms with van der Waals surface area (Å²) in [6, 6.07) is 10.6. The first-order valence-corrected chi connectivity index (χ1v) is 6.33. The Bertz CT molecular complexity index is 677. The number of amides is 1. The van der Waals surface area contributed by atoms with Gasteiger partial charge in [0.25, 0.3) is 0 Å². The molecule has 0 saturated heterocycles. The van der Waals surface area contributed by atoms with Gasteiger partial charge < -0.3 is 15.6 Å². The lowest BCUT2D eigenvalue weighted by molar-refractivity contribution is -0.115. The zero-order valence-electron chi connectivity index (χ0n) is 11.3. The molecule has 0 fully saturated rings. The van der Waals surface area contributed by atoms with Crippen LogP contribution in [0.25, 0.3) is 0 Å². The molecule has 5 heteroatoms. The number of aryl methyl sites for hydroxylation is 1. The van der Waals surface area contributed by atoms with E-state index >= 15 is 0 Å². The number of rotatable bonds is 4. The highest BCUT2D eigenvalue weighted by atomic mass is 16.1. The zero-order chi connectivity index (χ0) is 14.5. The number of nitrogens with zero attached hydrogens (tertiary/aromatic N) is 1. The van der Waals surface area contributed by atoms with Crippen LogP contribution < -0.4 is 16.6 Å². The van der Waals surface area contributed by atoms with Crippen LogP contribution in [0.15, 0.2) is 47.4 Å². The monoisotopic (exact) mass is 271 g/mol. The predicted molar refractivity (Wildman–Crippen MR) is 78.4 cm³/mol. The van der Waals surface area contributed by atoms with Gasteiger partial charge in [-0.05, 0) is 17.2 Å². The minimum atomic E-state index is -0.135. The van der Waals surface area contributed by atoms with Gasteiger partial charge in [0.2, 0.25) is 11.5 Å². The van der Waals surface area contributed by atoms with E-state index in [0.29, 0.717) is 12.2 Å². The maximum Gasteiger partial charge on any atom is 0.250 e. The Hall–Kier alpha value is -2.40. The summed E-state index contributed by atoms with van der Waals surface area (Å²) in [5.41, 5.74) is 8.01. The molecule has 5 nitrogen and oxygen atoms in total. The average Bonchev–Trinajstić information content (AvgIpc) is 2.43. The van der Waals surface area contributed by atoms with Crippen LogP contribution in [0.5, 0.6) is 0 Å². The predicted octanol–water partition coefficient (Wildman–Crippen LogP) is 1.03. The van der Waals surface area contributed by atoms with Crippen LogP contribution in [0, 0.1) is 0 Å². The van der Waals surface area contributed by atoms with E-state index in [2.05, 4.69) is 5.32 Å². The van der Waals surface area contributed by atoms with E-state index in [9.17, 15) is 9.59 Å². The number of benzene rings is 1. The topological polar surface area (TPSA) is 77.1 Å². The second-order valence-electron chi connectivity index (χ2n) is 4.56. The lowest BCUT2D eigenvalue weighted by Gasteiger charge is -2.09. The van der Waals surface area contributed by atoms with Crippen molar-refractivity contribution in [3.63, 3.8) is 0 Å². The van der Waals surface area contributed by atoms with E-state index in [0.717, 1.165) is 11.1 Å². The highest BCUT2D eigenvalue weighted by Gasteiger charge is 2.07. The number of aromatic nitrogens is 1. The molecular weight excluding hydrogens is 254 g/mol. The van der Waals surface area contributed by atoms with Gasteiger partial charge in [0.1, 0.15) is 0 Å². The zero-order valence-corrected chi connectivity index (χ0v) is 11.3. The van der Waals surface area contributed by atoms with Crippen molar-refractivity contribution >= 4 is 11.6 Å². The van der Waals surface area contributed by atoms with E-state index in [-0.39, 0.29) is 17.9 Å². The van der Waals surface area contributed by atoms with E-state index in [4.69, 9.17) is 5.73 Å². The molecule has 0 aliphatic heterocycles. The molecule has 2 rings (SSSR count). The second-order valence-corrected chi connectivity index (χ2v) is 4.56. The molecule has 1 amide bonds. The first kappa shape index (κ1) is 14.0. The normalized spacial score (nSPS) is 10.3. The molecule has 2 aromatic rings. The standard InChI is InChI=1S/C15H17N3O2/c1-18-10-13(6-7-15(18)20)17-14(19)8-11-4-2-3-5-12(11)9-16/h2-7,10H,8-9,16H2,1H3,(H,17,19). The van der Waals surface area contributed by atoms with Gasteiger partial charge in [-0.3, -0.25) is 9.59 Å². The van der Waals surface area contributed by atoms with Gasteiger partial charge in [0, 0.05) is 25.9 Å². The van der Waals surface area contributed by atoms with Crippen molar-refractivity contribution in [3.05, 3.63) is 64.1 Å². The molecule has 20 heavy (non-hydrogen) atoms. The quantitative estimate of drug-likeness (QED) is 0.871. The van der Waals surface area contributed by atoms with Crippen molar-refractivity contribution in [1.29, 1.82) is 0 Å². The summed E-state index contributed by atoms with van der Waals surface area (Å²) in [6.07, 6.45) is 1.85. The highest BCUT2D eigenvalue weighted by Crippen LogP contribution is 2.10. The molecule has 1 aromatic heterocycles. The first-order chi connectivity index (χ1) is 9.60. The van der Waals surface area contributed by atoms with Gasteiger partial charge in [-0.25, -0.2) is 0 Å². The molecule has 1 heterocycles. The fourth-order valence-corrected chi connectivity index (χ4v) is 1.98. The van der Waals surface area contributed by atoms with Crippen molar-refractivity contribution in [2.24, 2.45) is 12.8 Å². The number of anilines is 1. The molecule has 0 radical (unpaired) electrons. The summed E-state index contributed by atoms with van der Waals surface area (Å²) in [4.78, 5) is 23.3. The Labute approximate surface area is 117 Å². The Morgan fingerprint density at radius 1 is 1.20 bits per heavy atom. The largest absolute Gasteiger partial charge is 0.326 e. The summed E-state index contributed by atoms with van der Waals surface area (Å²) >= 11 is 0. The molecular formula is C15H17N3O2. The van der Waals surface area contributed by atoms with E-state index in [1.807, 2.05) is 24.3 Å². The Morgan fingerprint density at radius 2 is 1.90 bits per heavy atom. The van der Waals surface area contributed by atoms with Crippen molar-refractivity contribution < 1.29 is 4.79 Å². The lowest BCUT2D eigenvalue weighted by atomic mass is 10.0. The SMILES string of the molecule is Cn1cc(NC(=O)Cc2ccccc2CN)ccc1=O. The summed E-state index contributed by atoms with van der Waals surface area (Å²) in [5, 5.41) is 2.77. The molecule has 0 unspecified atom stereocenters. The van der Waals surface area contributed by atoms with Crippen LogP contribution in [0.1, 0.15) is 11.1 Å². The third-order valence-electron chi connectivity index (χ3n) is 3.06. The molecule has 0 aliphatic rings. The Kier molecular flexibility index (Phi) is 4.32. The maximum atomic E-state index is 12.0. The maximum absolute atomic E-state index is 12.0. The molecule has 0 atom stereocenters. The number of carbonyl (C=O) groups excluding carboxylic acids is 1. The number of pyridine rings is 1. The van der Waals surface area contributed by atoms with Gasteiger partial charge in [-0.15, -0.1) is 0 Å². The summed E-state index contributed by atoms with van der Waals surface area (Å²) in [5.74, 6) is -0.135. The smallest absolute Gasteiger partial charge is 0.250 e. The third kappa shape index (κ3) is 3.33. The number of hydrogen-bond donors (Lipinski definition) is 2. The van der Waals surface area contributed by atoms with Crippen LogP contribution in [-0.4, -0.2) is 10.5 Å². The van der Waals surface area contributed by atoms with Crippen LogP contribution in [0.2, 0.25) is 0 Å². The van der Waals surface area contributed by atoms with Crippen molar-refractivity contribution in [3.8, 4) is 0 Å². The van der Waals surface area contributed by atoms with Crippen LogP contribution in [0.4, 0.5) is 5.69 Å². The lowest BCUT2D eigenvalue weighted by Crippen LogP contribution is -2.19. The van der Waals surface area contributed by atoms with Crippen LogP contribution >= 0.6 is 0 Å². The highest BCUT2D eigenvalue weighted by molar-refractivity contribution is 5.92. The third-order valence-corrected chi connectivity index (χ3v) is 3.06. The molecule has 0 bridgehead atoms. The summed E-state index contributed by atoms with van der Waals surface area (Å²) in [6.45, 7) is 0.406. The van der Waals surface area contributed by atoms with Gasteiger partial charge >= 0.3 is 0 Å². The van der Waals surface area contributed by atoms with Gasteiger partial charge in [-0.1, -0.05) is 24.3 Å². The van der Waals surface area contributed by atoms with Crippen LogP contribution in [0.3, 0.4) is 0 Å². The minimum Gasteiger partial charge on any atom is -0.326 e. The number of nitrogens with one attached hydrogen (secondary N) is 1. The fraction of sp³-hybridized carbons (Fsp3) is 0.200. The van der Waals surface area contributed by atoms with E-state index in [1.165, 1.54) is 10.6 Å². The molecule has 0 spiro atoms. The van der Waals surface area contributed by atoms with E-state index < -0.39 is 0 Å². The number of nitrogens with two attached hydrogens (primary N) is 1. The molecule has 0 saturated carbocycles. The van der Waals surface area contributed by atoms with Crippen molar-refractivity contribution in [2.45, 2.75) is 13.0 Å². The average molecular weight is 271 g/mol. The fourth-order valence-electron chi connectivity index (χ4n) is 1.98. The first-order valence-electron chi connectivity index (χ1n) is 6.33. The van der Waals surface area contributed by atoms with Gasteiger partial charge in [-0.2, -0.15) is 0 Å². The minimum absolute atomic E-state index is 0.114. The number of hydrogen-bond acceptors (Lipinski definition) is 3. The van der Waals surface area contributed by atoms with Gasteiger partial charge in [0.15, 0.2) is 0 Å². The molecule has 3 N–H and O–H groups in total. The molecule has 0 aliphatic carbocycles. The van der Waals surface area contributed by atoms with Crippen molar-refractivity contribution in [2.75, 3.05) is 5.32 Å². The number of carbonyl (C=O) groups is 1. The second kappa shape index (κ2) is 6.16. The molecule has 1 aromatic carbocycles. The Balaban J connectivity index is 2.09. The molecule has 104 valence electrons. The summed E-state index contributed by atoms with van der Waals surface area (Å²) in [7, 11) is 1.64.